The van der Waals surface area contributed by atoms with E-state index in [4.69, 9.17) is 9.47 Å². The number of rotatable bonds is 6. The smallest absolute Gasteiger partial charge is 0.214 e. The predicted octanol–water partition coefficient (Wildman–Crippen LogP) is 1.92. The van der Waals surface area contributed by atoms with Crippen LogP contribution >= 0.6 is 0 Å². The molecule has 0 aliphatic carbocycles. The molecule has 0 saturated carbocycles. The maximum atomic E-state index is 14.5. The van der Waals surface area contributed by atoms with Gasteiger partial charge < -0.3 is 14.0 Å². The maximum absolute atomic E-state index is 14.5. The van der Waals surface area contributed by atoms with Crippen molar-refractivity contribution < 1.29 is 26.7 Å². The van der Waals surface area contributed by atoms with Gasteiger partial charge in [-0.3, -0.25) is 0 Å². The zero-order valence-electron chi connectivity index (χ0n) is 15.2. The van der Waals surface area contributed by atoms with E-state index in [0.29, 0.717) is 0 Å². The van der Waals surface area contributed by atoms with E-state index >= 15 is 0 Å². The number of methoxy groups -OCH3 is 1. The third-order valence-electron chi connectivity index (χ3n) is 4.67. The minimum absolute atomic E-state index is 0.108. The summed E-state index contributed by atoms with van der Waals surface area (Å²) in [4.78, 5) is 4.17. The molecule has 0 bridgehead atoms. The van der Waals surface area contributed by atoms with Gasteiger partial charge in [0.2, 0.25) is 10.0 Å². The molecule has 0 spiro atoms. The second-order valence-corrected chi connectivity index (χ2v) is 8.75. The van der Waals surface area contributed by atoms with Crippen molar-refractivity contribution in [3.05, 3.63) is 36.2 Å². The Morgan fingerprint density at radius 3 is 2.74 bits per heavy atom. The highest BCUT2D eigenvalue weighted by atomic mass is 32.2. The van der Waals surface area contributed by atoms with E-state index in [0.717, 1.165) is 10.4 Å². The Morgan fingerprint density at radius 2 is 2.07 bits per heavy atom. The average Bonchev–Trinajstić information content (AvgIpc) is 3.25. The quantitative estimate of drug-likeness (QED) is 0.739. The van der Waals surface area contributed by atoms with Crippen molar-refractivity contribution in [1.29, 1.82) is 0 Å². The zero-order valence-corrected chi connectivity index (χ0v) is 16.0. The summed E-state index contributed by atoms with van der Waals surface area (Å²) < 4.78 is 66.3. The van der Waals surface area contributed by atoms with Gasteiger partial charge in [0, 0.05) is 32.4 Å². The van der Waals surface area contributed by atoms with Crippen LogP contribution < -0.4 is 4.74 Å². The second-order valence-electron chi connectivity index (χ2n) is 6.52. The highest BCUT2D eigenvalue weighted by Crippen LogP contribution is 2.37. The fourth-order valence-electron chi connectivity index (χ4n) is 3.16. The molecule has 1 aliphatic rings. The number of halogens is 2. The number of ether oxygens (including phenoxy) is 2. The zero-order chi connectivity index (χ0) is 19.8. The topological polar surface area (TPSA) is 73.7 Å². The Morgan fingerprint density at radius 1 is 1.33 bits per heavy atom. The van der Waals surface area contributed by atoms with Gasteiger partial charge in [0.25, 0.3) is 0 Å². The highest BCUT2D eigenvalue weighted by molar-refractivity contribution is 7.89. The van der Waals surface area contributed by atoms with E-state index in [9.17, 15) is 17.2 Å². The lowest BCUT2D eigenvalue weighted by atomic mass is 10.0. The number of sulfonamides is 1. The van der Waals surface area contributed by atoms with Crippen LogP contribution in [0.15, 0.2) is 24.5 Å². The largest absolute Gasteiger partial charge is 0.496 e. The van der Waals surface area contributed by atoms with E-state index in [2.05, 4.69) is 4.98 Å². The number of hydrogen-bond acceptors (Lipinski definition) is 5. The van der Waals surface area contributed by atoms with Crippen molar-refractivity contribution in [2.24, 2.45) is 5.92 Å². The van der Waals surface area contributed by atoms with Crippen LogP contribution in [0.5, 0.6) is 5.75 Å². The molecule has 1 aliphatic heterocycles. The molecule has 0 N–H and O–H groups in total. The molecular weight excluding hydrogens is 380 g/mol. The first kappa shape index (κ1) is 19.7. The summed E-state index contributed by atoms with van der Waals surface area (Å²) in [5.74, 6) is -2.27. The molecule has 1 fully saturated rings. The van der Waals surface area contributed by atoms with Gasteiger partial charge in [0.05, 0.1) is 37.7 Å². The van der Waals surface area contributed by atoms with Crippen LogP contribution in [0.1, 0.15) is 6.04 Å². The van der Waals surface area contributed by atoms with Crippen LogP contribution in [0.2, 0.25) is 0 Å². The van der Waals surface area contributed by atoms with Crippen LogP contribution in [0, 0.1) is 17.6 Å². The van der Waals surface area contributed by atoms with Crippen LogP contribution in [-0.2, 0) is 14.8 Å². The molecule has 3 rings (SSSR count). The number of hydrogen-bond donors (Lipinski definition) is 0. The monoisotopic (exact) mass is 401 g/mol. The normalized spacial score (nSPS) is 20.4. The molecule has 1 aromatic carbocycles. The molecule has 1 saturated heterocycles. The number of imidazole rings is 1. The Labute approximate surface area is 156 Å². The Bertz CT molecular complexity index is 930. The van der Waals surface area contributed by atoms with E-state index < -0.39 is 21.7 Å². The van der Waals surface area contributed by atoms with Crippen molar-refractivity contribution in [2.75, 3.05) is 40.2 Å². The van der Waals surface area contributed by atoms with E-state index in [1.54, 1.807) is 10.8 Å². The van der Waals surface area contributed by atoms with Crippen molar-refractivity contribution in [3.63, 3.8) is 0 Å². The first-order chi connectivity index (χ1) is 12.8. The third-order valence-corrected chi connectivity index (χ3v) is 6.63. The fourth-order valence-corrected chi connectivity index (χ4v) is 4.32. The van der Waals surface area contributed by atoms with Crippen LogP contribution in [0.4, 0.5) is 8.78 Å². The fraction of sp³-hybridized carbons (Fsp3) is 0.471. The first-order valence-electron chi connectivity index (χ1n) is 8.29. The Hall–Kier alpha value is -2.04. The van der Waals surface area contributed by atoms with Gasteiger partial charge in [0.15, 0.2) is 11.6 Å². The van der Waals surface area contributed by atoms with Gasteiger partial charge in [-0.15, -0.1) is 0 Å². The molecule has 2 heterocycles. The standard InChI is InChI=1S/C17H21F2N3O4S/c1-21(2)27(23,24)10-11-8-26-9-13(11)22-7-6-20-17(22)15-14(25-3)5-4-12(18)16(15)19/h4-7,11,13H,8-10H2,1-3H3/t11-,13-/m1/s1. The summed E-state index contributed by atoms with van der Waals surface area (Å²) in [6.07, 6.45) is 3.06. The molecular formula is C17H21F2N3O4S. The van der Waals surface area contributed by atoms with Gasteiger partial charge >= 0.3 is 0 Å². The molecule has 2 atom stereocenters. The van der Waals surface area contributed by atoms with E-state index in [1.807, 2.05) is 0 Å². The van der Waals surface area contributed by atoms with Crippen LogP contribution in [0.25, 0.3) is 11.4 Å². The molecule has 0 unspecified atom stereocenters. The minimum atomic E-state index is -3.45. The van der Waals surface area contributed by atoms with Crippen molar-refractivity contribution >= 4 is 10.0 Å². The summed E-state index contributed by atoms with van der Waals surface area (Å²) in [5, 5.41) is 0. The predicted molar refractivity (Wildman–Crippen MR) is 95.0 cm³/mol. The van der Waals surface area contributed by atoms with Gasteiger partial charge in [0.1, 0.15) is 11.6 Å². The summed E-state index contributed by atoms with van der Waals surface area (Å²) >= 11 is 0. The van der Waals surface area contributed by atoms with Gasteiger partial charge in [-0.25, -0.2) is 26.5 Å². The molecule has 10 heteroatoms. The molecule has 27 heavy (non-hydrogen) atoms. The summed E-state index contributed by atoms with van der Waals surface area (Å²) in [6, 6.07) is 1.92. The first-order valence-corrected chi connectivity index (χ1v) is 9.90. The second kappa shape index (κ2) is 7.53. The highest BCUT2D eigenvalue weighted by Gasteiger charge is 2.36. The summed E-state index contributed by atoms with van der Waals surface area (Å²) in [6.45, 7) is 0.494. The molecule has 0 amide bonds. The number of benzene rings is 1. The van der Waals surface area contributed by atoms with Gasteiger partial charge in [-0.05, 0) is 12.1 Å². The molecule has 2 aromatic rings. The van der Waals surface area contributed by atoms with Crippen molar-refractivity contribution in [3.8, 4) is 17.1 Å². The van der Waals surface area contributed by atoms with Crippen LogP contribution in [-0.4, -0.2) is 62.4 Å². The summed E-state index contributed by atoms with van der Waals surface area (Å²) in [5.41, 5.74) is -0.108. The lowest BCUT2D eigenvalue weighted by Crippen LogP contribution is -2.32. The van der Waals surface area contributed by atoms with Crippen LogP contribution in [0.3, 0.4) is 0 Å². The van der Waals surface area contributed by atoms with Crippen molar-refractivity contribution in [2.45, 2.75) is 6.04 Å². The van der Waals surface area contributed by atoms with E-state index in [1.165, 1.54) is 33.5 Å². The lowest BCUT2D eigenvalue weighted by molar-refractivity contribution is 0.182. The average molecular weight is 401 g/mol. The number of aromatic nitrogens is 2. The van der Waals surface area contributed by atoms with Gasteiger partial charge in [-0.1, -0.05) is 0 Å². The van der Waals surface area contributed by atoms with E-state index in [-0.39, 0.29) is 48.1 Å². The number of nitrogens with zero attached hydrogens (tertiary/aromatic N) is 3. The third kappa shape index (κ3) is 3.69. The Kier molecular flexibility index (Phi) is 5.50. The maximum Gasteiger partial charge on any atom is 0.214 e. The minimum Gasteiger partial charge on any atom is -0.496 e. The van der Waals surface area contributed by atoms with Crippen molar-refractivity contribution in [1.82, 2.24) is 13.9 Å². The SMILES string of the molecule is COc1ccc(F)c(F)c1-c1nccn1[C@@H]1COC[C@@H]1CS(=O)(=O)N(C)C. The molecule has 1 aromatic heterocycles. The van der Waals surface area contributed by atoms with Gasteiger partial charge in [-0.2, -0.15) is 0 Å². The molecule has 148 valence electrons. The Balaban J connectivity index is 2.02. The molecule has 0 radical (unpaired) electrons. The summed E-state index contributed by atoms with van der Waals surface area (Å²) in [7, 11) is 0.842. The molecule has 7 nitrogen and oxygen atoms in total. The lowest BCUT2D eigenvalue weighted by Gasteiger charge is -2.23.